The van der Waals surface area contributed by atoms with E-state index in [1.54, 1.807) is 0 Å². The Morgan fingerprint density at radius 2 is 0.857 bits per heavy atom. The molecule has 0 atom stereocenters. The molecule has 0 saturated carbocycles. The van der Waals surface area contributed by atoms with E-state index in [1.807, 2.05) is 23.5 Å². The van der Waals surface area contributed by atoms with E-state index in [4.69, 9.17) is 0 Å². The molecule has 0 amide bonds. The van der Waals surface area contributed by atoms with E-state index in [1.165, 1.54) is 86.9 Å². The molecule has 0 nitrogen and oxygen atoms in total. The van der Waals surface area contributed by atoms with Gasteiger partial charge in [0.15, 0.2) is 0 Å². The molecule has 230 valence electrons. The third-order valence-corrected chi connectivity index (χ3v) is 10.9. The minimum atomic E-state index is 1.10. The molecule has 0 aliphatic carbocycles. The van der Waals surface area contributed by atoms with Gasteiger partial charge < -0.3 is 0 Å². The van der Waals surface area contributed by atoms with Crippen LogP contribution in [0.5, 0.6) is 0 Å². The van der Waals surface area contributed by atoms with E-state index in [2.05, 4.69) is 170 Å². The lowest BCUT2D eigenvalue weighted by Gasteiger charge is -2.22. The van der Waals surface area contributed by atoms with Crippen molar-refractivity contribution in [3.05, 3.63) is 181 Å². The highest BCUT2D eigenvalue weighted by Gasteiger charge is 2.22. The van der Waals surface area contributed by atoms with Crippen LogP contribution in [0.15, 0.2) is 170 Å². The highest BCUT2D eigenvalue weighted by Crippen LogP contribution is 2.49. The van der Waals surface area contributed by atoms with Crippen molar-refractivity contribution in [1.82, 2.24) is 0 Å². The monoisotopic (exact) mass is 640 g/mol. The van der Waals surface area contributed by atoms with Gasteiger partial charge in [-0.15, -0.1) is 11.3 Å². The van der Waals surface area contributed by atoms with Gasteiger partial charge in [0.2, 0.25) is 0 Å². The summed E-state index contributed by atoms with van der Waals surface area (Å²) in [6.07, 6.45) is 4.01. The summed E-state index contributed by atoms with van der Waals surface area (Å²) >= 11 is 1.82. The number of benzene rings is 8. The number of thiophene rings is 1. The fourth-order valence-electron chi connectivity index (χ4n) is 7.83. The zero-order chi connectivity index (χ0) is 32.9. The first kappa shape index (κ1) is 29.1. The van der Waals surface area contributed by atoms with Crippen molar-refractivity contribution in [3.63, 3.8) is 0 Å². The van der Waals surface area contributed by atoms with Crippen LogP contribution in [0.2, 0.25) is 0 Å². The molecule has 8 aromatic carbocycles. The quantitative estimate of drug-likeness (QED) is 0.159. The summed E-state index contributed by atoms with van der Waals surface area (Å²) in [5.41, 5.74) is 12.0. The molecule has 0 radical (unpaired) electrons. The first-order valence-electron chi connectivity index (χ1n) is 16.7. The predicted molar refractivity (Wildman–Crippen MR) is 216 cm³/mol. The van der Waals surface area contributed by atoms with Gasteiger partial charge in [-0.05, 0) is 99.9 Å². The van der Waals surface area contributed by atoms with Gasteiger partial charge in [0, 0.05) is 15.6 Å². The van der Waals surface area contributed by atoms with Gasteiger partial charge in [-0.1, -0.05) is 165 Å². The lowest BCUT2D eigenvalue weighted by atomic mass is 9.81. The Balaban J connectivity index is 1.40. The van der Waals surface area contributed by atoms with E-state index in [0.29, 0.717) is 0 Å². The lowest BCUT2D eigenvalue weighted by molar-refractivity contribution is 1.58. The molecule has 0 aliphatic rings. The Bertz CT molecular complexity index is 2670. The van der Waals surface area contributed by atoms with Crippen molar-refractivity contribution in [3.8, 4) is 44.5 Å². The topological polar surface area (TPSA) is 0 Å². The maximum atomic E-state index is 4.35. The van der Waals surface area contributed by atoms with Gasteiger partial charge in [0.1, 0.15) is 0 Å². The highest BCUT2D eigenvalue weighted by molar-refractivity contribution is 7.17. The average Bonchev–Trinajstić information content (AvgIpc) is 3.60. The van der Waals surface area contributed by atoms with Crippen molar-refractivity contribution >= 4 is 65.9 Å². The Morgan fingerprint density at radius 1 is 0.367 bits per heavy atom. The fourth-order valence-corrected chi connectivity index (χ4v) is 8.78. The Hall–Kier alpha value is -6.02. The highest BCUT2D eigenvalue weighted by atomic mass is 32.1. The number of fused-ring (bicyclic) bond motifs is 4. The van der Waals surface area contributed by atoms with E-state index >= 15 is 0 Å². The average molecular weight is 641 g/mol. The molecule has 0 fully saturated rings. The van der Waals surface area contributed by atoms with Crippen molar-refractivity contribution in [2.24, 2.45) is 0 Å². The van der Waals surface area contributed by atoms with Gasteiger partial charge in [-0.3, -0.25) is 0 Å². The summed E-state index contributed by atoms with van der Waals surface area (Å²) in [6.45, 7) is 8.69. The van der Waals surface area contributed by atoms with Crippen LogP contribution in [0.4, 0.5) is 0 Å². The van der Waals surface area contributed by atoms with Crippen LogP contribution in [0.1, 0.15) is 11.1 Å². The molecule has 0 bridgehead atoms. The van der Waals surface area contributed by atoms with E-state index in [9.17, 15) is 0 Å². The van der Waals surface area contributed by atoms with Gasteiger partial charge in [-0.2, -0.15) is 0 Å². The smallest absolute Gasteiger partial charge is 0.0349 e. The van der Waals surface area contributed by atoms with Gasteiger partial charge >= 0.3 is 0 Å². The van der Waals surface area contributed by atoms with Crippen LogP contribution in [0, 0.1) is 0 Å². The molecule has 9 rings (SSSR count). The molecule has 49 heavy (non-hydrogen) atoms. The van der Waals surface area contributed by atoms with Crippen LogP contribution in [0.25, 0.3) is 99.1 Å². The second-order valence-corrected chi connectivity index (χ2v) is 13.4. The van der Waals surface area contributed by atoms with E-state index < -0.39 is 0 Å². The van der Waals surface area contributed by atoms with Crippen LogP contribution in [0.3, 0.4) is 0 Å². The van der Waals surface area contributed by atoms with E-state index in [-0.39, 0.29) is 0 Å². The Morgan fingerprint density at radius 3 is 1.45 bits per heavy atom. The normalized spacial score (nSPS) is 11.4. The standard InChI is InChI=1S/C48H32S/c1-3-34-35(4-2)46(31-17-7-5-8-18-31)47(32-19-9-6-10-20-32)41-28-27-33(29-42(34)41)45-37-22-11-13-24-39(37)48(40-25-14-12-23-38(40)45)43-30-49-44-26-16-15-21-36(43)44/h3-30H,1-2H2. The summed E-state index contributed by atoms with van der Waals surface area (Å²) in [5.74, 6) is 0. The zero-order valence-corrected chi connectivity index (χ0v) is 27.8. The number of rotatable bonds is 6. The van der Waals surface area contributed by atoms with Crippen LogP contribution >= 0.6 is 11.3 Å². The third kappa shape index (κ3) is 4.58. The molecule has 0 saturated heterocycles. The summed E-state index contributed by atoms with van der Waals surface area (Å²) < 4.78 is 1.31. The Labute approximate surface area is 290 Å². The first-order chi connectivity index (χ1) is 24.3. The fraction of sp³-hybridized carbons (Fsp3) is 0. The molecule has 1 heterocycles. The second-order valence-electron chi connectivity index (χ2n) is 12.5. The number of hydrogen-bond donors (Lipinski definition) is 0. The van der Waals surface area contributed by atoms with E-state index in [0.717, 1.165) is 11.1 Å². The molecule has 9 aromatic rings. The summed E-state index contributed by atoms with van der Waals surface area (Å²) in [7, 11) is 0. The van der Waals surface area contributed by atoms with Crippen molar-refractivity contribution in [2.45, 2.75) is 0 Å². The molecular formula is C48H32S. The Kier molecular flexibility index (Phi) is 7.08. The van der Waals surface area contributed by atoms with Crippen LogP contribution < -0.4 is 0 Å². The second kappa shape index (κ2) is 11.9. The minimum absolute atomic E-state index is 1.10. The molecular weight excluding hydrogens is 609 g/mol. The maximum absolute atomic E-state index is 4.35. The SMILES string of the molecule is C=Cc1c(-c2ccccc2)c(-c2ccccc2)c2ccc(-c3c4ccccc4c(-c4csc5ccccc45)c4ccccc34)cc2c1C=C. The summed E-state index contributed by atoms with van der Waals surface area (Å²) in [6, 6.07) is 55.0. The van der Waals surface area contributed by atoms with Crippen molar-refractivity contribution in [2.75, 3.05) is 0 Å². The molecule has 0 spiro atoms. The zero-order valence-electron chi connectivity index (χ0n) is 27.0. The van der Waals surface area contributed by atoms with Crippen molar-refractivity contribution in [1.29, 1.82) is 0 Å². The largest absolute Gasteiger partial charge is 0.143 e. The van der Waals surface area contributed by atoms with Crippen LogP contribution in [-0.4, -0.2) is 0 Å². The lowest BCUT2D eigenvalue weighted by Crippen LogP contribution is -1.97. The van der Waals surface area contributed by atoms with Gasteiger partial charge in [-0.25, -0.2) is 0 Å². The molecule has 0 aliphatic heterocycles. The minimum Gasteiger partial charge on any atom is -0.143 e. The van der Waals surface area contributed by atoms with Crippen LogP contribution in [-0.2, 0) is 0 Å². The summed E-state index contributed by atoms with van der Waals surface area (Å²) in [5, 5.41) is 11.0. The van der Waals surface area contributed by atoms with Gasteiger partial charge in [0.25, 0.3) is 0 Å². The molecule has 0 N–H and O–H groups in total. The first-order valence-corrected chi connectivity index (χ1v) is 17.5. The molecule has 1 aromatic heterocycles. The molecule has 1 heteroatoms. The molecule has 0 unspecified atom stereocenters. The van der Waals surface area contributed by atoms with Gasteiger partial charge in [0.05, 0.1) is 0 Å². The van der Waals surface area contributed by atoms with Crippen molar-refractivity contribution < 1.29 is 0 Å². The number of hydrogen-bond acceptors (Lipinski definition) is 1. The summed E-state index contributed by atoms with van der Waals surface area (Å²) in [4.78, 5) is 0. The maximum Gasteiger partial charge on any atom is 0.0349 e. The third-order valence-electron chi connectivity index (χ3n) is 9.89. The predicted octanol–water partition coefficient (Wildman–Crippen LogP) is 14.3.